The Hall–Kier alpha value is -3.47. The first-order valence-electron chi connectivity index (χ1n) is 13.5. The Morgan fingerprint density at radius 2 is 2.10 bits per heavy atom. The number of aliphatic imine (C=N–C) groups is 1. The Balaban J connectivity index is 1.78. The van der Waals surface area contributed by atoms with Gasteiger partial charge in [0.2, 0.25) is 6.41 Å². The summed E-state index contributed by atoms with van der Waals surface area (Å²) in [5.41, 5.74) is 3.27. The molecule has 5 rings (SSSR count). The molecule has 1 amide bonds. The van der Waals surface area contributed by atoms with Crippen molar-refractivity contribution in [1.29, 1.82) is 0 Å². The quantitative estimate of drug-likeness (QED) is 0.109. The number of benzene rings is 2. The third-order valence-corrected chi connectivity index (χ3v) is 8.49. The van der Waals surface area contributed by atoms with Crippen LogP contribution >= 0.6 is 23.4 Å². The van der Waals surface area contributed by atoms with Crippen LogP contribution in [0.25, 0.3) is 22.2 Å². The normalized spacial score (nSPS) is 16.5. The summed E-state index contributed by atoms with van der Waals surface area (Å²) in [5.74, 6) is 0.384. The fourth-order valence-electron chi connectivity index (χ4n) is 5.35. The number of amidine groups is 1. The molecule has 11 heteroatoms. The van der Waals surface area contributed by atoms with Gasteiger partial charge in [-0.05, 0) is 56.0 Å². The Morgan fingerprint density at radius 3 is 2.80 bits per heavy atom. The van der Waals surface area contributed by atoms with Gasteiger partial charge >= 0.3 is 0 Å². The summed E-state index contributed by atoms with van der Waals surface area (Å²) < 4.78 is 16.2. The lowest BCUT2D eigenvalue weighted by molar-refractivity contribution is -0.105. The van der Waals surface area contributed by atoms with Crippen LogP contribution in [0.2, 0.25) is 5.02 Å². The van der Waals surface area contributed by atoms with Gasteiger partial charge in [0.25, 0.3) is 0 Å². The van der Waals surface area contributed by atoms with Crippen molar-refractivity contribution in [2.24, 2.45) is 4.99 Å². The Bertz CT molecular complexity index is 1620. The van der Waals surface area contributed by atoms with Gasteiger partial charge in [0, 0.05) is 41.5 Å². The first-order chi connectivity index (χ1) is 19.7. The molecule has 1 aliphatic heterocycles. The number of H-pyrrole nitrogens is 1. The van der Waals surface area contributed by atoms with Crippen LogP contribution in [-0.2, 0) is 4.79 Å². The van der Waals surface area contributed by atoms with Crippen LogP contribution in [0.3, 0.4) is 0 Å². The van der Waals surface area contributed by atoms with Crippen molar-refractivity contribution in [3.8, 4) is 11.3 Å². The topological polar surface area (TPSA) is 89.5 Å². The lowest BCUT2D eigenvalue weighted by Gasteiger charge is -2.40. The second-order valence-corrected chi connectivity index (χ2v) is 11.8. The van der Waals surface area contributed by atoms with Crippen LogP contribution in [0.5, 0.6) is 0 Å². The molecule has 1 fully saturated rings. The van der Waals surface area contributed by atoms with Crippen molar-refractivity contribution in [2.75, 3.05) is 38.3 Å². The van der Waals surface area contributed by atoms with Crippen LogP contribution in [0.15, 0.2) is 52.5 Å². The van der Waals surface area contributed by atoms with E-state index in [4.69, 9.17) is 16.6 Å². The summed E-state index contributed by atoms with van der Waals surface area (Å²) in [5, 5.41) is 10.8. The number of amides is 1. The van der Waals surface area contributed by atoms with E-state index in [1.54, 1.807) is 30.1 Å². The molecule has 0 radical (unpaired) electrons. The number of aromatic nitrogens is 3. The van der Waals surface area contributed by atoms with E-state index in [2.05, 4.69) is 64.2 Å². The average molecular weight is 594 g/mol. The molecule has 41 heavy (non-hydrogen) atoms. The van der Waals surface area contributed by atoms with E-state index in [1.165, 1.54) is 6.07 Å². The molecule has 0 saturated carbocycles. The molecule has 2 aromatic heterocycles. The predicted molar refractivity (Wildman–Crippen MR) is 166 cm³/mol. The number of halogens is 2. The molecule has 1 atom stereocenters. The number of nitrogens with one attached hydrogen (secondary N) is 2. The molecule has 1 unspecified atom stereocenters. The van der Waals surface area contributed by atoms with E-state index in [0.29, 0.717) is 40.5 Å². The molecule has 1 saturated heterocycles. The highest BCUT2D eigenvalue weighted by molar-refractivity contribution is 7.98. The first kappa shape index (κ1) is 29.0. The van der Waals surface area contributed by atoms with E-state index in [9.17, 15) is 4.79 Å². The molecule has 0 spiro atoms. The van der Waals surface area contributed by atoms with E-state index in [-0.39, 0.29) is 23.5 Å². The number of para-hydroxylation sites is 1. The maximum Gasteiger partial charge on any atom is 0.212 e. The Kier molecular flexibility index (Phi) is 8.63. The molecule has 4 aromatic rings. The number of carbonyl (C=O) groups is 1. The third kappa shape index (κ3) is 5.68. The van der Waals surface area contributed by atoms with Gasteiger partial charge in [0.05, 0.1) is 28.0 Å². The van der Waals surface area contributed by atoms with Crippen LogP contribution in [0, 0.1) is 5.82 Å². The van der Waals surface area contributed by atoms with Crippen LogP contribution < -0.4 is 5.32 Å². The van der Waals surface area contributed by atoms with Crippen LogP contribution in [0.1, 0.15) is 37.8 Å². The van der Waals surface area contributed by atoms with Gasteiger partial charge in [-0.3, -0.25) is 9.89 Å². The molecular formula is C30H33ClFN7OS. The van der Waals surface area contributed by atoms with Gasteiger partial charge in [-0.2, -0.15) is 5.10 Å². The molecule has 8 nitrogen and oxygen atoms in total. The molecule has 3 heterocycles. The standard InChI is InChI=1S/C30H33ClFN7OS/c1-17(2)20-7-6-8-24(41-5)27(20)36-30(39-12-11-38(4)15-18(39)3)21-13-23(32)28(35-29(21)33-16-40)25-22(31)10-9-19-14-34-37-26(19)25/h6-10,13-14,16-18H,11-12,15H2,1-5H3,(H,34,37)(H,33,35,40). The number of carbonyl (C=O) groups excluding carboxylic acids is 1. The number of fused-ring (bicyclic) bond motifs is 1. The number of thioether (sulfide) groups is 1. The SMILES string of the molecule is CSc1cccc(C(C)C)c1N=C(c1cc(F)c(-c2c(Cl)ccc3cn[nH]c23)nc1NC=O)N1CCN(C)CC1C. The summed E-state index contributed by atoms with van der Waals surface area (Å²) in [6.45, 7) is 8.68. The lowest BCUT2D eigenvalue weighted by Crippen LogP contribution is -2.53. The number of rotatable bonds is 7. The number of aromatic amines is 1. The average Bonchev–Trinajstić information content (AvgIpc) is 3.42. The fourth-order valence-corrected chi connectivity index (χ4v) is 6.17. The van der Waals surface area contributed by atoms with Gasteiger partial charge in [0.1, 0.15) is 17.3 Å². The Labute approximate surface area is 248 Å². The minimum atomic E-state index is -0.586. The summed E-state index contributed by atoms with van der Waals surface area (Å²) >= 11 is 8.17. The zero-order valence-corrected chi connectivity index (χ0v) is 25.3. The van der Waals surface area contributed by atoms with Crippen molar-refractivity contribution in [3.63, 3.8) is 0 Å². The second kappa shape index (κ2) is 12.2. The number of anilines is 1. The van der Waals surface area contributed by atoms with Crippen molar-refractivity contribution in [1.82, 2.24) is 25.0 Å². The van der Waals surface area contributed by atoms with Crippen molar-refractivity contribution >= 4 is 58.0 Å². The van der Waals surface area contributed by atoms with Gasteiger partial charge < -0.3 is 15.1 Å². The number of nitrogens with zero attached hydrogens (tertiary/aromatic N) is 5. The number of pyridine rings is 1. The highest BCUT2D eigenvalue weighted by atomic mass is 35.5. The molecule has 2 aromatic carbocycles. The van der Waals surface area contributed by atoms with Crippen molar-refractivity contribution in [2.45, 2.75) is 37.6 Å². The third-order valence-electron chi connectivity index (χ3n) is 7.41. The largest absolute Gasteiger partial charge is 0.351 e. The molecular weight excluding hydrogens is 561 g/mol. The molecule has 0 bridgehead atoms. The molecule has 1 aliphatic rings. The van der Waals surface area contributed by atoms with E-state index in [0.717, 1.165) is 34.6 Å². The smallest absolute Gasteiger partial charge is 0.212 e. The van der Waals surface area contributed by atoms with Gasteiger partial charge in [0.15, 0.2) is 5.82 Å². The predicted octanol–water partition coefficient (Wildman–Crippen LogP) is 6.55. The van der Waals surface area contributed by atoms with E-state index in [1.807, 2.05) is 18.4 Å². The number of likely N-dealkylation sites (N-methyl/N-ethyl adjacent to an activating group) is 1. The first-order valence-corrected chi connectivity index (χ1v) is 15.1. The zero-order valence-electron chi connectivity index (χ0n) is 23.7. The Morgan fingerprint density at radius 1 is 1.29 bits per heavy atom. The highest BCUT2D eigenvalue weighted by Crippen LogP contribution is 2.39. The second-order valence-electron chi connectivity index (χ2n) is 10.5. The molecule has 214 valence electrons. The summed E-state index contributed by atoms with van der Waals surface area (Å²) in [4.78, 5) is 27.2. The van der Waals surface area contributed by atoms with Gasteiger partial charge in [-0.1, -0.05) is 37.6 Å². The summed E-state index contributed by atoms with van der Waals surface area (Å²) in [6, 6.07) is 11.1. The van der Waals surface area contributed by atoms with Crippen LogP contribution in [0.4, 0.5) is 15.9 Å². The van der Waals surface area contributed by atoms with E-state index >= 15 is 4.39 Å². The minimum Gasteiger partial charge on any atom is -0.351 e. The molecule has 2 N–H and O–H groups in total. The van der Waals surface area contributed by atoms with Crippen molar-refractivity contribution in [3.05, 3.63) is 64.6 Å². The molecule has 0 aliphatic carbocycles. The maximum absolute atomic E-state index is 16.2. The van der Waals surface area contributed by atoms with Crippen LogP contribution in [-0.4, -0.2) is 76.2 Å². The number of hydrogen-bond acceptors (Lipinski definition) is 6. The van der Waals surface area contributed by atoms with Gasteiger partial charge in [-0.25, -0.2) is 14.4 Å². The minimum absolute atomic E-state index is 0.0103. The number of hydrogen-bond donors (Lipinski definition) is 2. The number of piperazine rings is 1. The fraction of sp³-hybridized carbons (Fsp3) is 0.333. The lowest BCUT2D eigenvalue weighted by atomic mass is 10.0. The maximum atomic E-state index is 16.2. The monoisotopic (exact) mass is 593 g/mol. The summed E-state index contributed by atoms with van der Waals surface area (Å²) in [7, 11) is 2.08. The highest BCUT2D eigenvalue weighted by Gasteiger charge is 2.30. The van der Waals surface area contributed by atoms with Gasteiger partial charge in [-0.15, -0.1) is 11.8 Å². The van der Waals surface area contributed by atoms with E-state index < -0.39 is 5.82 Å². The van der Waals surface area contributed by atoms with Crippen molar-refractivity contribution < 1.29 is 9.18 Å². The summed E-state index contributed by atoms with van der Waals surface area (Å²) in [6.07, 6.45) is 4.21. The zero-order chi connectivity index (χ0) is 29.3.